The van der Waals surface area contributed by atoms with Gasteiger partial charge >= 0.3 is 0 Å². The van der Waals surface area contributed by atoms with Gasteiger partial charge in [-0.15, -0.1) is 24.8 Å². The summed E-state index contributed by atoms with van der Waals surface area (Å²) >= 11 is 0. The van der Waals surface area contributed by atoms with Crippen molar-refractivity contribution in [1.29, 1.82) is 0 Å². The molecule has 0 heterocycles. The van der Waals surface area contributed by atoms with E-state index in [0.717, 1.165) is 38.2 Å². The fraction of sp³-hybridized carbons (Fsp3) is 0.562. The maximum absolute atomic E-state index is 11.9. The monoisotopic (exact) mass is 349 g/mol. The zero-order chi connectivity index (χ0) is 14.8. The SMILES string of the molecule is CCCNCCNC(=O)c1ccc(N(C)CCC)cc1.Cl.Cl. The average molecular weight is 350 g/mol. The Morgan fingerprint density at radius 3 is 2.18 bits per heavy atom. The summed E-state index contributed by atoms with van der Waals surface area (Å²) in [5, 5.41) is 6.18. The number of anilines is 1. The molecule has 0 radical (unpaired) electrons. The van der Waals surface area contributed by atoms with Crippen LogP contribution in [0.5, 0.6) is 0 Å². The average Bonchev–Trinajstić information content (AvgIpc) is 2.47. The summed E-state index contributed by atoms with van der Waals surface area (Å²) in [7, 11) is 2.07. The molecule has 1 amide bonds. The van der Waals surface area contributed by atoms with Gasteiger partial charge in [0.05, 0.1) is 0 Å². The van der Waals surface area contributed by atoms with E-state index in [9.17, 15) is 4.79 Å². The Morgan fingerprint density at radius 1 is 1.00 bits per heavy atom. The van der Waals surface area contributed by atoms with Crippen LogP contribution < -0.4 is 15.5 Å². The first kappa shape index (κ1) is 23.3. The number of hydrogen-bond acceptors (Lipinski definition) is 3. The number of carbonyl (C=O) groups excluding carboxylic acids is 1. The molecule has 0 fully saturated rings. The highest BCUT2D eigenvalue weighted by molar-refractivity contribution is 5.94. The molecule has 0 saturated heterocycles. The number of nitrogens with one attached hydrogen (secondary N) is 2. The molecule has 0 spiro atoms. The van der Waals surface area contributed by atoms with Gasteiger partial charge in [0.15, 0.2) is 0 Å². The highest BCUT2D eigenvalue weighted by atomic mass is 35.5. The van der Waals surface area contributed by atoms with Crippen LogP contribution >= 0.6 is 24.8 Å². The van der Waals surface area contributed by atoms with Gasteiger partial charge < -0.3 is 15.5 Å². The maximum atomic E-state index is 11.9. The van der Waals surface area contributed by atoms with Gasteiger partial charge in [0.1, 0.15) is 0 Å². The molecule has 2 N–H and O–H groups in total. The first-order valence-electron chi connectivity index (χ1n) is 7.49. The van der Waals surface area contributed by atoms with E-state index < -0.39 is 0 Å². The zero-order valence-electron chi connectivity index (χ0n) is 13.7. The minimum Gasteiger partial charge on any atom is -0.375 e. The lowest BCUT2D eigenvalue weighted by Crippen LogP contribution is -2.32. The summed E-state index contributed by atoms with van der Waals surface area (Å²) in [5.41, 5.74) is 1.86. The van der Waals surface area contributed by atoms with Crippen LogP contribution in [-0.2, 0) is 0 Å². The molecule has 6 heteroatoms. The van der Waals surface area contributed by atoms with Crippen molar-refractivity contribution in [2.45, 2.75) is 26.7 Å². The van der Waals surface area contributed by atoms with Crippen LogP contribution in [0.4, 0.5) is 5.69 Å². The standard InChI is InChI=1S/C16H27N3O.2ClH/c1-4-10-17-11-12-18-16(20)14-6-8-15(9-7-14)19(3)13-5-2;;/h6-9,17H,4-5,10-13H2,1-3H3,(H,18,20);2*1H. The predicted molar refractivity (Wildman–Crippen MR) is 100.0 cm³/mol. The number of benzene rings is 1. The third kappa shape index (κ3) is 8.47. The van der Waals surface area contributed by atoms with E-state index in [1.165, 1.54) is 0 Å². The lowest BCUT2D eigenvalue weighted by Gasteiger charge is -2.18. The molecule has 0 unspecified atom stereocenters. The molecular formula is C16H29Cl2N3O. The van der Waals surface area contributed by atoms with Crippen LogP contribution in [0, 0.1) is 0 Å². The number of halogens is 2. The summed E-state index contributed by atoms with van der Waals surface area (Å²) < 4.78 is 0. The Kier molecular flexibility index (Phi) is 14.5. The molecule has 0 aliphatic heterocycles. The first-order valence-corrected chi connectivity index (χ1v) is 7.49. The molecule has 0 aliphatic carbocycles. The molecule has 22 heavy (non-hydrogen) atoms. The third-order valence-electron chi connectivity index (χ3n) is 3.14. The molecule has 128 valence electrons. The molecule has 0 atom stereocenters. The number of amides is 1. The van der Waals surface area contributed by atoms with Gasteiger partial charge in [-0.1, -0.05) is 13.8 Å². The number of carbonyl (C=O) groups is 1. The fourth-order valence-corrected chi connectivity index (χ4v) is 2.00. The molecule has 4 nitrogen and oxygen atoms in total. The highest BCUT2D eigenvalue weighted by Crippen LogP contribution is 2.13. The van der Waals surface area contributed by atoms with Gasteiger partial charge in [0.25, 0.3) is 5.91 Å². The normalized spacial score (nSPS) is 9.41. The summed E-state index contributed by atoms with van der Waals surface area (Å²) in [4.78, 5) is 14.1. The van der Waals surface area contributed by atoms with Gasteiger partial charge in [-0.25, -0.2) is 0 Å². The van der Waals surface area contributed by atoms with E-state index in [1.54, 1.807) is 0 Å². The van der Waals surface area contributed by atoms with Crippen molar-refractivity contribution >= 4 is 36.4 Å². The topological polar surface area (TPSA) is 44.4 Å². The lowest BCUT2D eigenvalue weighted by molar-refractivity contribution is 0.0954. The number of nitrogens with zero attached hydrogens (tertiary/aromatic N) is 1. The second-order valence-corrected chi connectivity index (χ2v) is 4.97. The van der Waals surface area contributed by atoms with E-state index >= 15 is 0 Å². The van der Waals surface area contributed by atoms with Crippen molar-refractivity contribution < 1.29 is 4.79 Å². The van der Waals surface area contributed by atoms with E-state index in [4.69, 9.17) is 0 Å². The second-order valence-electron chi connectivity index (χ2n) is 4.97. The summed E-state index contributed by atoms with van der Waals surface area (Å²) in [6.45, 7) is 7.78. The van der Waals surface area contributed by atoms with Crippen LogP contribution in [0.15, 0.2) is 24.3 Å². The zero-order valence-corrected chi connectivity index (χ0v) is 15.4. The molecular weight excluding hydrogens is 321 g/mol. The van der Waals surface area contributed by atoms with Crippen LogP contribution in [0.1, 0.15) is 37.0 Å². The van der Waals surface area contributed by atoms with E-state index in [-0.39, 0.29) is 30.7 Å². The lowest BCUT2D eigenvalue weighted by atomic mass is 10.2. The second kappa shape index (κ2) is 13.7. The van der Waals surface area contributed by atoms with Crippen molar-refractivity contribution in [3.05, 3.63) is 29.8 Å². The Morgan fingerprint density at radius 2 is 1.64 bits per heavy atom. The maximum Gasteiger partial charge on any atom is 0.251 e. The number of hydrogen-bond donors (Lipinski definition) is 2. The Balaban J connectivity index is 0. The summed E-state index contributed by atoms with van der Waals surface area (Å²) in [6.07, 6.45) is 2.23. The van der Waals surface area contributed by atoms with Crippen LogP contribution in [0.2, 0.25) is 0 Å². The number of rotatable bonds is 9. The van der Waals surface area contributed by atoms with Crippen molar-refractivity contribution in [3.63, 3.8) is 0 Å². The van der Waals surface area contributed by atoms with Crippen LogP contribution in [-0.4, -0.2) is 39.1 Å². The molecule has 0 aliphatic rings. The van der Waals surface area contributed by atoms with Crippen LogP contribution in [0.3, 0.4) is 0 Å². The fourth-order valence-electron chi connectivity index (χ4n) is 2.00. The van der Waals surface area contributed by atoms with Crippen LogP contribution in [0.25, 0.3) is 0 Å². The van der Waals surface area contributed by atoms with E-state index in [0.29, 0.717) is 12.1 Å². The van der Waals surface area contributed by atoms with Crippen molar-refractivity contribution in [1.82, 2.24) is 10.6 Å². The molecule has 1 rings (SSSR count). The van der Waals surface area contributed by atoms with Gasteiger partial charge in [-0.3, -0.25) is 4.79 Å². The van der Waals surface area contributed by atoms with E-state index in [2.05, 4.69) is 36.4 Å². The molecule has 1 aromatic rings. The Labute approximate surface area is 146 Å². The Hall–Kier alpha value is -0.970. The van der Waals surface area contributed by atoms with Crippen molar-refractivity contribution in [3.8, 4) is 0 Å². The summed E-state index contributed by atoms with van der Waals surface area (Å²) in [5.74, 6) is -0.00649. The summed E-state index contributed by atoms with van der Waals surface area (Å²) in [6, 6.07) is 7.77. The Bertz CT molecular complexity index is 399. The van der Waals surface area contributed by atoms with Gasteiger partial charge in [-0.05, 0) is 43.7 Å². The van der Waals surface area contributed by atoms with Crippen molar-refractivity contribution in [2.24, 2.45) is 0 Å². The van der Waals surface area contributed by atoms with Crippen molar-refractivity contribution in [2.75, 3.05) is 38.1 Å². The molecule has 0 aromatic heterocycles. The van der Waals surface area contributed by atoms with Gasteiger partial charge in [0.2, 0.25) is 0 Å². The largest absolute Gasteiger partial charge is 0.375 e. The predicted octanol–water partition coefficient (Wildman–Crippen LogP) is 3.11. The molecule has 0 bridgehead atoms. The van der Waals surface area contributed by atoms with Gasteiger partial charge in [-0.2, -0.15) is 0 Å². The highest BCUT2D eigenvalue weighted by Gasteiger charge is 2.05. The smallest absolute Gasteiger partial charge is 0.251 e. The first-order chi connectivity index (χ1) is 9.69. The quantitative estimate of drug-likeness (QED) is 0.673. The van der Waals surface area contributed by atoms with Gasteiger partial charge in [0, 0.05) is 37.9 Å². The minimum atomic E-state index is -0.00649. The molecule has 1 aromatic carbocycles. The minimum absolute atomic E-state index is 0. The third-order valence-corrected chi connectivity index (χ3v) is 3.14. The van der Waals surface area contributed by atoms with E-state index in [1.807, 2.05) is 24.3 Å². The molecule has 0 saturated carbocycles.